The van der Waals surface area contributed by atoms with Crippen LogP contribution >= 0.6 is 0 Å². The molecule has 0 aliphatic heterocycles. The zero-order valence-corrected chi connectivity index (χ0v) is 13.0. The van der Waals surface area contributed by atoms with Crippen LogP contribution in [0.5, 0.6) is 5.75 Å². The van der Waals surface area contributed by atoms with Gasteiger partial charge in [0.25, 0.3) is 5.91 Å². The SMILES string of the molecule is Cc1cc(C(=O)O)ccc1OC(C)C(=O)NCCC(C)C. The maximum absolute atomic E-state index is 11.9. The van der Waals surface area contributed by atoms with Gasteiger partial charge in [-0.2, -0.15) is 0 Å². The number of aryl methyl sites for hydroxylation is 1. The first kappa shape index (κ1) is 17.0. The van der Waals surface area contributed by atoms with Crippen LogP contribution in [0.15, 0.2) is 18.2 Å². The van der Waals surface area contributed by atoms with E-state index in [0.29, 0.717) is 23.8 Å². The van der Waals surface area contributed by atoms with Crippen LogP contribution in [-0.2, 0) is 4.79 Å². The summed E-state index contributed by atoms with van der Waals surface area (Å²) in [6, 6.07) is 4.58. The van der Waals surface area contributed by atoms with Gasteiger partial charge in [0.05, 0.1) is 5.56 Å². The normalized spacial score (nSPS) is 12.0. The fourth-order valence-corrected chi connectivity index (χ4v) is 1.79. The number of carboxylic acid groups (broad SMARTS) is 1. The van der Waals surface area contributed by atoms with E-state index in [9.17, 15) is 9.59 Å². The molecule has 0 radical (unpaired) electrons. The van der Waals surface area contributed by atoms with E-state index in [1.807, 2.05) is 0 Å². The molecule has 0 saturated heterocycles. The molecule has 1 unspecified atom stereocenters. The first-order chi connectivity index (χ1) is 9.81. The highest BCUT2D eigenvalue weighted by Gasteiger charge is 2.16. The number of rotatable bonds is 7. The Bertz CT molecular complexity index is 511. The van der Waals surface area contributed by atoms with Crippen LogP contribution in [0.25, 0.3) is 0 Å². The molecule has 5 nitrogen and oxygen atoms in total. The third-order valence-electron chi connectivity index (χ3n) is 3.12. The zero-order valence-electron chi connectivity index (χ0n) is 13.0. The highest BCUT2D eigenvalue weighted by Crippen LogP contribution is 2.20. The molecule has 1 rings (SSSR count). The number of hydrogen-bond acceptors (Lipinski definition) is 3. The molecule has 2 N–H and O–H groups in total. The van der Waals surface area contributed by atoms with E-state index in [4.69, 9.17) is 9.84 Å². The summed E-state index contributed by atoms with van der Waals surface area (Å²) in [6.45, 7) is 8.25. The van der Waals surface area contributed by atoms with Gasteiger partial charge in [-0.25, -0.2) is 4.79 Å². The summed E-state index contributed by atoms with van der Waals surface area (Å²) in [5.41, 5.74) is 0.894. The minimum absolute atomic E-state index is 0.169. The third kappa shape index (κ3) is 5.45. The molecule has 1 aromatic carbocycles. The van der Waals surface area contributed by atoms with Crippen molar-refractivity contribution >= 4 is 11.9 Å². The second-order valence-electron chi connectivity index (χ2n) is 5.52. The van der Waals surface area contributed by atoms with Crippen molar-refractivity contribution < 1.29 is 19.4 Å². The summed E-state index contributed by atoms with van der Waals surface area (Å²) < 4.78 is 5.59. The quantitative estimate of drug-likeness (QED) is 0.810. The van der Waals surface area contributed by atoms with Crippen LogP contribution in [0.1, 0.15) is 43.1 Å². The molecule has 0 saturated carbocycles. The molecular formula is C16H23NO4. The molecule has 21 heavy (non-hydrogen) atoms. The van der Waals surface area contributed by atoms with Crippen molar-refractivity contribution in [1.82, 2.24) is 5.32 Å². The van der Waals surface area contributed by atoms with Crippen molar-refractivity contribution in [3.63, 3.8) is 0 Å². The lowest BCUT2D eigenvalue weighted by Gasteiger charge is -2.17. The van der Waals surface area contributed by atoms with Gasteiger partial charge in [-0.3, -0.25) is 4.79 Å². The minimum Gasteiger partial charge on any atom is -0.481 e. The maximum atomic E-state index is 11.9. The topological polar surface area (TPSA) is 75.6 Å². The summed E-state index contributed by atoms with van der Waals surface area (Å²) >= 11 is 0. The minimum atomic E-state index is -0.982. The molecule has 1 aromatic rings. The van der Waals surface area contributed by atoms with Crippen molar-refractivity contribution in [3.8, 4) is 5.75 Å². The van der Waals surface area contributed by atoms with E-state index in [1.54, 1.807) is 19.9 Å². The summed E-state index contributed by atoms with van der Waals surface area (Å²) in [5, 5.41) is 11.7. The van der Waals surface area contributed by atoms with E-state index in [-0.39, 0.29) is 11.5 Å². The highest BCUT2D eigenvalue weighted by atomic mass is 16.5. The molecule has 0 aromatic heterocycles. The third-order valence-corrected chi connectivity index (χ3v) is 3.12. The van der Waals surface area contributed by atoms with E-state index < -0.39 is 12.1 Å². The Hall–Kier alpha value is -2.04. The molecule has 5 heteroatoms. The second kappa shape index (κ2) is 7.67. The van der Waals surface area contributed by atoms with Gasteiger partial charge < -0.3 is 15.2 Å². The Labute approximate surface area is 125 Å². The number of benzene rings is 1. The number of carbonyl (C=O) groups is 2. The van der Waals surface area contributed by atoms with Crippen LogP contribution in [0.3, 0.4) is 0 Å². The number of carbonyl (C=O) groups excluding carboxylic acids is 1. The fraction of sp³-hybridized carbons (Fsp3) is 0.500. The van der Waals surface area contributed by atoms with Gasteiger partial charge >= 0.3 is 5.97 Å². The van der Waals surface area contributed by atoms with Gasteiger partial charge in [-0.1, -0.05) is 13.8 Å². The summed E-state index contributed by atoms with van der Waals surface area (Å²) in [7, 11) is 0. The summed E-state index contributed by atoms with van der Waals surface area (Å²) in [5.74, 6) is -0.0969. The Morgan fingerprint density at radius 1 is 1.29 bits per heavy atom. The molecule has 1 amide bonds. The molecular weight excluding hydrogens is 270 g/mol. The van der Waals surface area contributed by atoms with Crippen molar-refractivity contribution in [2.75, 3.05) is 6.54 Å². The van der Waals surface area contributed by atoms with E-state index >= 15 is 0 Å². The smallest absolute Gasteiger partial charge is 0.335 e. The van der Waals surface area contributed by atoms with Crippen molar-refractivity contribution in [2.24, 2.45) is 5.92 Å². The summed E-state index contributed by atoms with van der Waals surface area (Å²) in [6.07, 6.45) is 0.302. The number of amides is 1. The van der Waals surface area contributed by atoms with Crippen LogP contribution < -0.4 is 10.1 Å². The first-order valence-corrected chi connectivity index (χ1v) is 7.09. The maximum Gasteiger partial charge on any atom is 0.335 e. The highest BCUT2D eigenvalue weighted by molar-refractivity contribution is 5.88. The average molecular weight is 293 g/mol. The largest absolute Gasteiger partial charge is 0.481 e. The lowest BCUT2D eigenvalue weighted by atomic mass is 10.1. The van der Waals surface area contributed by atoms with Crippen LogP contribution in [0.2, 0.25) is 0 Å². The summed E-state index contributed by atoms with van der Waals surface area (Å²) in [4.78, 5) is 22.7. The predicted molar refractivity (Wildman–Crippen MR) is 80.7 cm³/mol. The standard InChI is InChI=1S/C16H23NO4/c1-10(2)7-8-17-15(18)12(4)21-14-6-5-13(16(19)20)9-11(14)3/h5-6,9-10,12H,7-8H2,1-4H3,(H,17,18)(H,19,20). The van der Waals surface area contributed by atoms with Gasteiger partial charge in [0.1, 0.15) is 5.75 Å². The van der Waals surface area contributed by atoms with Crippen molar-refractivity contribution in [3.05, 3.63) is 29.3 Å². The second-order valence-corrected chi connectivity index (χ2v) is 5.52. The molecule has 116 valence electrons. The van der Waals surface area contributed by atoms with Gasteiger partial charge in [0.2, 0.25) is 0 Å². The first-order valence-electron chi connectivity index (χ1n) is 7.09. The zero-order chi connectivity index (χ0) is 16.0. The Morgan fingerprint density at radius 3 is 2.48 bits per heavy atom. The molecule has 0 fully saturated rings. The van der Waals surface area contributed by atoms with Gasteiger partial charge in [-0.05, 0) is 49.9 Å². The number of hydrogen-bond donors (Lipinski definition) is 2. The molecule has 0 heterocycles. The van der Waals surface area contributed by atoms with E-state index in [0.717, 1.165) is 6.42 Å². The average Bonchev–Trinajstić information content (AvgIpc) is 2.40. The monoisotopic (exact) mass is 293 g/mol. The lowest BCUT2D eigenvalue weighted by Crippen LogP contribution is -2.37. The van der Waals surface area contributed by atoms with Crippen LogP contribution in [-0.4, -0.2) is 29.6 Å². The van der Waals surface area contributed by atoms with Crippen molar-refractivity contribution in [1.29, 1.82) is 0 Å². The number of ether oxygens (including phenoxy) is 1. The Morgan fingerprint density at radius 2 is 1.95 bits per heavy atom. The predicted octanol–water partition coefficient (Wildman–Crippen LogP) is 2.62. The van der Waals surface area contributed by atoms with Crippen molar-refractivity contribution in [2.45, 2.75) is 40.2 Å². The number of aromatic carboxylic acids is 1. The lowest BCUT2D eigenvalue weighted by molar-refractivity contribution is -0.127. The molecule has 1 atom stereocenters. The van der Waals surface area contributed by atoms with Crippen LogP contribution in [0, 0.1) is 12.8 Å². The Kier molecular flexibility index (Phi) is 6.21. The van der Waals surface area contributed by atoms with Crippen LogP contribution in [0.4, 0.5) is 0 Å². The van der Waals surface area contributed by atoms with E-state index in [2.05, 4.69) is 19.2 Å². The molecule has 0 aliphatic rings. The molecule has 0 bridgehead atoms. The molecule has 0 aliphatic carbocycles. The van der Waals surface area contributed by atoms with Gasteiger partial charge in [0, 0.05) is 6.54 Å². The fourth-order valence-electron chi connectivity index (χ4n) is 1.79. The number of carboxylic acids is 1. The number of nitrogens with one attached hydrogen (secondary N) is 1. The van der Waals surface area contributed by atoms with Gasteiger partial charge in [-0.15, -0.1) is 0 Å². The van der Waals surface area contributed by atoms with E-state index in [1.165, 1.54) is 12.1 Å². The van der Waals surface area contributed by atoms with Gasteiger partial charge in [0.15, 0.2) is 6.10 Å². The Balaban J connectivity index is 2.60. The molecule has 0 spiro atoms.